The molecule has 1 aromatic heterocycles. The Labute approximate surface area is 112 Å². The first-order valence-electron chi connectivity index (χ1n) is 6.53. The molecular formula is C17H17NO. The Kier molecular flexibility index (Phi) is 3.10. The highest BCUT2D eigenvalue weighted by atomic mass is 16.3. The zero-order chi connectivity index (χ0) is 13.2. The van der Waals surface area contributed by atoms with E-state index in [4.69, 9.17) is 0 Å². The average molecular weight is 251 g/mol. The van der Waals surface area contributed by atoms with Crippen LogP contribution in [0.1, 0.15) is 17.2 Å². The van der Waals surface area contributed by atoms with Gasteiger partial charge >= 0.3 is 0 Å². The van der Waals surface area contributed by atoms with Crippen molar-refractivity contribution in [2.24, 2.45) is 0 Å². The second-order valence-corrected chi connectivity index (χ2v) is 4.91. The van der Waals surface area contributed by atoms with Gasteiger partial charge in [-0.25, -0.2) is 0 Å². The minimum atomic E-state index is -0.476. The topological polar surface area (TPSA) is 25.2 Å². The van der Waals surface area contributed by atoms with Gasteiger partial charge in [-0.15, -0.1) is 0 Å². The lowest BCUT2D eigenvalue weighted by molar-refractivity contribution is 0.158. The summed E-state index contributed by atoms with van der Waals surface area (Å²) in [5, 5.41) is 11.6. The summed E-state index contributed by atoms with van der Waals surface area (Å²) >= 11 is 0. The monoisotopic (exact) mass is 251 g/mol. The molecule has 2 nitrogen and oxygen atoms in total. The summed E-state index contributed by atoms with van der Waals surface area (Å²) in [7, 11) is 0. The summed E-state index contributed by atoms with van der Waals surface area (Å²) in [5.41, 5.74) is 3.38. The van der Waals surface area contributed by atoms with Gasteiger partial charge in [0.05, 0.1) is 12.6 Å². The Morgan fingerprint density at radius 3 is 2.47 bits per heavy atom. The molecule has 1 heterocycles. The maximum absolute atomic E-state index is 10.3. The summed E-state index contributed by atoms with van der Waals surface area (Å²) in [6.07, 6.45) is 1.63. The molecule has 0 aliphatic rings. The number of rotatable bonds is 3. The lowest BCUT2D eigenvalue weighted by atomic mass is 10.1. The first kappa shape index (κ1) is 12.0. The molecule has 0 unspecified atom stereocenters. The largest absolute Gasteiger partial charge is 0.387 e. The highest BCUT2D eigenvalue weighted by Gasteiger charge is 2.10. The van der Waals surface area contributed by atoms with Gasteiger partial charge in [0, 0.05) is 17.1 Å². The van der Waals surface area contributed by atoms with E-state index in [9.17, 15) is 5.11 Å². The molecule has 3 aromatic rings. The van der Waals surface area contributed by atoms with Crippen LogP contribution < -0.4 is 0 Å². The van der Waals surface area contributed by atoms with Crippen molar-refractivity contribution in [1.29, 1.82) is 0 Å². The Balaban J connectivity index is 1.94. The van der Waals surface area contributed by atoms with Crippen LogP contribution in [-0.4, -0.2) is 9.67 Å². The lowest BCUT2D eigenvalue weighted by Gasteiger charge is -2.13. The van der Waals surface area contributed by atoms with E-state index in [1.54, 1.807) is 0 Å². The number of hydrogen-bond acceptors (Lipinski definition) is 1. The standard InChI is InChI=1S/C17H17NO/c1-13-11-18(16-10-6-5-9-15(13)16)12-17(19)14-7-3-2-4-8-14/h2-11,17,19H,12H2,1H3/t17-/m1/s1. The first-order chi connectivity index (χ1) is 9.25. The molecule has 0 aliphatic carbocycles. The molecule has 3 rings (SSSR count). The number of aromatic nitrogens is 1. The van der Waals surface area contributed by atoms with Gasteiger partial charge in [-0.1, -0.05) is 48.5 Å². The third kappa shape index (κ3) is 2.27. The van der Waals surface area contributed by atoms with Crippen molar-refractivity contribution in [3.8, 4) is 0 Å². The van der Waals surface area contributed by atoms with Crippen molar-refractivity contribution >= 4 is 10.9 Å². The molecule has 19 heavy (non-hydrogen) atoms. The van der Waals surface area contributed by atoms with E-state index in [2.05, 4.69) is 29.8 Å². The molecule has 0 radical (unpaired) electrons. The Morgan fingerprint density at radius 2 is 1.68 bits per heavy atom. The predicted molar refractivity (Wildman–Crippen MR) is 78.1 cm³/mol. The van der Waals surface area contributed by atoms with Crippen molar-refractivity contribution in [2.75, 3.05) is 0 Å². The summed E-state index contributed by atoms with van der Waals surface area (Å²) in [5.74, 6) is 0. The fourth-order valence-electron chi connectivity index (χ4n) is 2.55. The van der Waals surface area contributed by atoms with E-state index >= 15 is 0 Å². The molecular weight excluding hydrogens is 234 g/mol. The number of aliphatic hydroxyl groups is 1. The summed E-state index contributed by atoms with van der Waals surface area (Å²) in [4.78, 5) is 0. The Bertz CT molecular complexity index is 685. The molecule has 2 heteroatoms. The van der Waals surface area contributed by atoms with E-state index in [1.165, 1.54) is 16.5 Å². The van der Waals surface area contributed by atoms with Crippen molar-refractivity contribution < 1.29 is 5.11 Å². The van der Waals surface area contributed by atoms with Crippen LogP contribution >= 0.6 is 0 Å². The molecule has 0 saturated heterocycles. The van der Waals surface area contributed by atoms with Gasteiger partial charge in [0.2, 0.25) is 0 Å². The van der Waals surface area contributed by atoms with Crippen LogP contribution in [0, 0.1) is 6.92 Å². The lowest BCUT2D eigenvalue weighted by Crippen LogP contribution is -2.07. The van der Waals surface area contributed by atoms with Crippen LogP contribution in [0.3, 0.4) is 0 Å². The summed E-state index contributed by atoms with van der Waals surface area (Å²) < 4.78 is 2.13. The van der Waals surface area contributed by atoms with Crippen LogP contribution in [0.4, 0.5) is 0 Å². The zero-order valence-corrected chi connectivity index (χ0v) is 11.0. The molecule has 0 fully saturated rings. The highest BCUT2D eigenvalue weighted by molar-refractivity contribution is 5.83. The first-order valence-corrected chi connectivity index (χ1v) is 6.53. The van der Waals surface area contributed by atoms with E-state index in [1.807, 2.05) is 42.5 Å². The Hall–Kier alpha value is -2.06. The SMILES string of the molecule is Cc1cn(C[C@@H](O)c2ccccc2)c2ccccc12. The number of aryl methyl sites for hydroxylation is 1. The molecule has 1 atom stereocenters. The van der Waals surface area contributed by atoms with Gasteiger partial charge in [-0.05, 0) is 24.1 Å². The van der Waals surface area contributed by atoms with Crippen molar-refractivity contribution in [2.45, 2.75) is 19.6 Å². The van der Waals surface area contributed by atoms with Gasteiger partial charge in [-0.3, -0.25) is 0 Å². The molecule has 0 spiro atoms. The highest BCUT2D eigenvalue weighted by Crippen LogP contribution is 2.23. The summed E-state index contributed by atoms with van der Waals surface area (Å²) in [6.45, 7) is 2.69. The van der Waals surface area contributed by atoms with E-state index in [0.717, 1.165) is 5.56 Å². The number of hydrogen-bond donors (Lipinski definition) is 1. The van der Waals surface area contributed by atoms with Crippen LogP contribution in [0.2, 0.25) is 0 Å². The van der Waals surface area contributed by atoms with E-state index in [-0.39, 0.29) is 0 Å². The maximum Gasteiger partial charge on any atom is 0.0968 e. The molecule has 0 bridgehead atoms. The fourth-order valence-corrected chi connectivity index (χ4v) is 2.55. The van der Waals surface area contributed by atoms with Crippen molar-refractivity contribution in [1.82, 2.24) is 4.57 Å². The Morgan fingerprint density at radius 1 is 1.00 bits per heavy atom. The van der Waals surface area contributed by atoms with Gasteiger partial charge in [0.1, 0.15) is 0 Å². The van der Waals surface area contributed by atoms with Crippen LogP contribution in [-0.2, 0) is 6.54 Å². The molecule has 0 aliphatic heterocycles. The number of para-hydroxylation sites is 1. The van der Waals surface area contributed by atoms with Gasteiger partial charge in [0.15, 0.2) is 0 Å². The van der Waals surface area contributed by atoms with Crippen LogP contribution in [0.15, 0.2) is 60.8 Å². The molecule has 0 amide bonds. The van der Waals surface area contributed by atoms with E-state index in [0.29, 0.717) is 6.54 Å². The van der Waals surface area contributed by atoms with Crippen molar-refractivity contribution in [3.63, 3.8) is 0 Å². The van der Waals surface area contributed by atoms with Crippen LogP contribution in [0.25, 0.3) is 10.9 Å². The minimum absolute atomic E-state index is 0.476. The predicted octanol–water partition coefficient (Wildman–Crippen LogP) is 3.68. The molecule has 2 aromatic carbocycles. The average Bonchev–Trinajstić information content (AvgIpc) is 2.77. The summed E-state index contributed by atoms with van der Waals surface area (Å²) in [6, 6.07) is 18.1. The van der Waals surface area contributed by atoms with Crippen molar-refractivity contribution in [3.05, 3.63) is 71.9 Å². The normalized spacial score (nSPS) is 12.7. The molecule has 1 N–H and O–H groups in total. The van der Waals surface area contributed by atoms with Crippen LogP contribution in [0.5, 0.6) is 0 Å². The second-order valence-electron chi connectivity index (χ2n) is 4.91. The van der Waals surface area contributed by atoms with Gasteiger partial charge in [0.25, 0.3) is 0 Å². The number of nitrogens with zero attached hydrogens (tertiary/aromatic N) is 1. The number of fused-ring (bicyclic) bond motifs is 1. The molecule has 0 saturated carbocycles. The zero-order valence-electron chi connectivity index (χ0n) is 11.0. The molecule has 96 valence electrons. The fraction of sp³-hybridized carbons (Fsp3) is 0.176. The second kappa shape index (κ2) is 4.90. The minimum Gasteiger partial charge on any atom is -0.387 e. The third-order valence-electron chi connectivity index (χ3n) is 3.54. The number of benzene rings is 2. The third-order valence-corrected chi connectivity index (χ3v) is 3.54. The maximum atomic E-state index is 10.3. The smallest absolute Gasteiger partial charge is 0.0968 e. The van der Waals surface area contributed by atoms with Gasteiger partial charge < -0.3 is 9.67 Å². The van der Waals surface area contributed by atoms with Gasteiger partial charge in [-0.2, -0.15) is 0 Å². The number of aliphatic hydroxyl groups excluding tert-OH is 1. The quantitative estimate of drug-likeness (QED) is 0.754. The van der Waals surface area contributed by atoms with E-state index < -0.39 is 6.10 Å².